The molecule has 0 unspecified atom stereocenters. The molecule has 1 N–H and O–H groups in total. The fourth-order valence-electron chi connectivity index (χ4n) is 1.61. The first-order valence-corrected chi connectivity index (χ1v) is 5.21. The van der Waals surface area contributed by atoms with Gasteiger partial charge in [-0.15, -0.1) is 0 Å². The van der Waals surface area contributed by atoms with Crippen molar-refractivity contribution >= 4 is 5.97 Å². The second-order valence-electron chi connectivity index (χ2n) is 3.50. The fraction of sp³-hybridized carbons (Fsp3) is 0.333. The molecule has 0 atom stereocenters. The van der Waals surface area contributed by atoms with Crippen LogP contribution in [-0.4, -0.2) is 17.7 Å². The van der Waals surface area contributed by atoms with Crippen LogP contribution in [0, 0.1) is 11.3 Å². The predicted octanol–water partition coefficient (Wildman–Crippen LogP) is 2.35. The minimum atomic E-state index is -3.10. The number of carboxylic acid groups (broad SMARTS) is 1. The Kier molecular flexibility index (Phi) is 4.60. The number of rotatable bonds is 5. The van der Waals surface area contributed by atoms with Gasteiger partial charge in [0.1, 0.15) is 11.8 Å². The molecular weight excluding hydrogens is 244 g/mol. The zero-order chi connectivity index (χ0) is 13.7. The molecule has 0 aromatic heterocycles. The maximum atomic E-state index is 12.3. The van der Waals surface area contributed by atoms with Crippen LogP contribution < -0.4 is 4.74 Å². The van der Waals surface area contributed by atoms with Crippen molar-refractivity contribution in [1.82, 2.24) is 0 Å². The summed E-state index contributed by atoms with van der Waals surface area (Å²) in [7, 11) is 0. The molecule has 1 rings (SSSR count). The molecule has 4 nitrogen and oxygen atoms in total. The maximum absolute atomic E-state index is 12.3. The number of halogens is 2. The number of alkyl halides is 2. The van der Waals surface area contributed by atoms with E-state index in [0.29, 0.717) is 12.0 Å². The summed E-state index contributed by atoms with van der Waals surface area (Å²) in [6, 6.07) is 4.73. The summed E-state index contributed by atoms with van der Waals surface area (Å²) in [5, 5.41) is 17.7. The largest absolute Gasteiger partial charge is 0.481 e. The van der Waals surface area contributed by atoms with Crippen LogP contribution in [0.25, 0.3) is 0 Å². The van der Waals surface area contributed by atoms with E-state index in [2.05, 4.69) is 4.74 Å². The summed E-state index contributed by atoms with van der Waals surface area (Å²) < 4.78 is 28.9. The van der Waals surface area contributed by atoms with E-state index in [-0.39, 0.29) is 16.9 Å². The van der Waals surface area contributed by atoms with Gasteiger partial charge in [-0.1, -0.05) is 19.1 Å². The van der Waals surface area contributed by atoms with Crippen LogP contribution in [0.15, 0.2) is 12.1 Å². The van der Waals surface area contributed by atoms with Crippen molar-refractivity contribution in [1.29, 1.82) is 5.26 Å². The lowest BCUT2D eigenvalue weighted by Crippen LogP contribution is -2.10. The average molecular weight is 255 g/mol. The average Bonchev–Trinajstić information content (AvgIpc) is 2.29. The van der Waals surface area contributed by atoms with Crippen molar-refractivity contribution in [3.05, 3.63) is 28.8 Å². The molecule has 0 radical (unpaired) electrons. The van der Waals surface area contributed by atoms with E-state index in [4.69, 9.17) is 10.4 Å². The monoisotopic (exact) mass is 255 g/mol. The Bertz CT molecular complexity index is 495. The number of ether oxygens (including phenoxy) is 1. The predicted molar refractivity (Wildman–Crippen MR) is 58.5 cm³/mol. The molecule has 0 spiro atoms. The maximum Gasteiger partial charge on any atom is 0.387 e. The van der Waals surface area contributed by atoms with Gasteiger partial charge < -0.3 is 9.84 Å². The zero-order valence-corrected chi connectivity index (χ0v) is 9.61. The lowest BCUT2D eigenvalue weighted by Gasteiger charge is -2.13. The van der Waals surface area contributed by atoms with Gasteiger partial charge in [0.25, 0.3) is 0 Å². The van der Waals surface area contributed by atoms with Gasteiger partial charge in [-0.2, -0.15) is 14.0 Å². The second-order valence-corrected chi connectivity index (χ2v) is 3.50. The van der Waals surface area contributed by atoms with E-state index in [1.54, 1.807) is 19.1 Å². The third-order valence-electron chi connectivity index (χ3n) is 2.37. The lowest BCUT2D eigenvalue weighted by molar-refractivity contribution is -0.136. The summed E-state index contributed by atoms with van der Waals surface area (Å²) in [5.74, 6) is -1.52. The standard InChI is InChI=1S/C12H11F2NO3/c1-2-7-3-4-8(5-10(16)17)11(9(7)6-15)18-12(13)14/h3-4,12H,2,5H2,1H3,(H,16,17). The fourth-order valence-corrected chi connectivity index (χ4v) is 1.61. The number of carboxylic acids is 1. The number of aryl methyl sites for hydroxylation is 1. The molecule has 1 aromatic carbocycles. The number of carbonyl (C=O) groups is 1. The summed E-state index contributed by atoms with van der Waals surface area (Å²) in [4.78, 5) is 10.6. The Morgan fingerprint density at radius 2 is 2.11 bits per heavy atom. The molecule has 6 heteroatoms. The van der Waals surface area contributed by atoms with Crippen LogP contribution in [-0.2, 0) is 17.6 Å². The van der Waals surface area contributed by atoms with Crippen LogP contribution in [0.2, 0.25) is 0 Å². The van der Waals surface area contributed by atoms with E-state index in [0.717, 1.165) is 0 Å². The van der Waals surface area contributed by atoms with Crippen molar-refractivity contribution in [3.8, 4) is 11.8 Å². The van der Waals surface area contributed by atoms with Crippen molar-refractivity contribution in [2.45, 2.75) is 26.4 Å². The number of aliphatic carboxylic acids is 1. The topological polar surface area (TPSA) is 70.3 Å². The smallest absolute Gasteiger partial charge is 0.387 e. The molecule has 0 aliphatic carbocycles. The van der Waals surface area contributed by atoms with Gasteiger partial charge in [-0.3, -0.25) is 4.79 Å². The highest BCUT2D eigenvalue weighted by atomic mass is 19.3. The van der Waals surface area contributed by atoms with Gasteiger partial charge in [0.2, 0.25) is 0 Å². The molecule has 0 amide bonds. The normalized spacial score (nSPS) is 10.2. The first-order chi connectivity index (χ1) is 8.49. The highest BCUT2D eigenvalue weighted by Gasteiger charge is 2.19. The zero-order valence-electron chi connectivity index (χ0n) is 9.61. The molecule has 0 heterocycles. The van der Waals surface area contributed by atoms with Crippen LogP contribution in [0.1, 0.15) is 23.6 Å². The van der Waals surface area contributed by atoms with Gasteiger partial charge in [0.05, 0.1) is 12.0 Å². The molecule has 96 valence electrons. The summed E-state index contributed by atoms with van der Waals surface area (Å²) in [5.41, 5.74) is 0.579. The van der Waals surface area contributed by atoms with Gasteiger partial charge in [-0.05, 0) is 12.0 Å². The molecule has 0 aliphatic heterocycles. The third-order valence-corrected chi connectivity index (χ3v) is 2.37. The Hall–Kier alpha value is -2.16. The second kappa shape index (κ2) is 5.96. The number of hydrogen-bond donors (Lipinski definition) is 1. The first-order valence-electron chi connectivity index (χ1n) is 5.21. The Balaban J connectivity index is 3.34. The highest BCUT2D eigenvalue weighted by molar-refractivity contribution is 5.72. The first kappa shape index (κ1) is 13.9. The number of nitrogens with zero attached hydrogens (tertiary/aromatic N) is 1. The SMILES string of the molecule is CCc1ccc(CC(=O)O)c(OC(F)F)c1C#N. The molecule has 18 heavy (non-hydrogen) atoms. The van der Waals surface area contributed by atoms with Crippen molar-refractivity contribution < 1.29 is 23.4 Å². The summed E-state index contributed by atoms with van der Waals surface area (Å²) in [6.45, 7) is -1.34. The molecule has 0 saturated carbocycles. The van der Waals surface area contributed by atoms with E-state index in [9.17, 15) is 13.6 Å². The Labute approximate surface area is 102 Å². The molecule has 0 saturated heterocycles. The minimum absolute atomic E-state index is 0.0310. The lowest BCUT2D eigenvalue weighted by atomic mass is 9.99. The molecular formula is C12H11F2NO3. The minimum Gasteiger partial charge on any atom is -0.481 e. The molecule has 0 aliphatic rings. The van der Waals surface area contributed by atoms with Crippen LogP contribution >= 0.6 is 0 Å². The summed E-state index contributed by atoms with van der Waals surface area (Å²) in [6.07, 6.45) is -0.00340. The quantitative estimate of drug-likeness (QED) is 0.876. The van der Waals surface area contributed by atoms with E-state index in [1.807, 2.05) is 0 Å². The van der Waals surface area contributed by atoms with Crippen molar-refractivity contribution in [2.75, 3.05) is 0 Å². The number of nitriles is 1. The third kappa shape index (κ3) is 3.17. The van der Waals surface area contributed by atoms with Crippen molar-refractivity contribution in [3.63, 3.8) is 0 Å². The van der Waals surface area contributed by atoms with Gasteiger partial charge in [0, 0.05) is 5.56 Å². The molecule has 0 fully saturated rings. The van der Waals surface area contributed by atoms with Gasteiger partial charge in [0.15, 0.2) is 0 Å². The van der Waals surface area contributed by atoms with Crippen molar-refractivity contribution in [2.24, 2.45) is 0 Å². The van der Waals surface area contributed by atoms with E-state index < -0.39 is 19.0 Å². The van der Waals surface area contributed by atoms with E-state index >= 15 is 0 Å². The van der Waals surface area contributed by atoms with Crippen LogP contribution in [0.3, 0.4) is 0 Å². The molecule has 1 aromatic rings. The molecule has 0 bridgehead atoms. The highest BCUT2D eigenvalue weighted by Crippen LogP contribution is 2.29. The number of benzene rings is 1. The van der Waals surface area contributed by atoms with E-state index in [1.165, 1.54) is 6.07 Å². The van der Waals surface area contributed by atoms with Gasteiger partial charge in [-0.25, -0.2) is 0 Å². The van der Waals surface area contributed by atoms with Gasteiger partial charge >= 0.3 is 12.6 Å². The Morgan fingerprint density at radius 1 is 1.50 bits per heavy atom. The van der Waals surface area contributed by atoms with Crippen LogP contribution in [0.4, 0.5) is 8.78 Å². The Morgan fingerprint density at radius 3 is 2.56 bits per heavy atom. The van der Waals surface area contributed by atoms with Crippen LogP contribution in [0.5, 0.6) is 5.75 Å². The summed E-state index contributed by atoms with van der Waals surface area (Å²) >= 11 is 0. The number of hydrogen-bond acceptors (Lipinski definition) is 3.